The Morgan fingerprint density at radius 2 is 2.00 bits per heavy atom. The van der Waals surface area contributed by atoms with Gasteiger partial charge in [-0.2, -0.15) is 0 Å². The number of nitrogens with zero attached hydrogens (tertiary/aromatic N) is 2. The summed E-state index contributed by atoms with van der Waals surface area (Å²) >= 11 is 1.73. The molecular formula is C28H37N3O4S. The number of aliphatic carboxylic acids is 1. The maximum Gasteiger partial charge on any atom is 0.306 e. The maximum absolute atomic E-state index is 13.2. The number of carbonyl (C=O) groups is 2. The molecule has 2 heterocycles. The van der Waals surface area contributed by atoms with E-state index in [4.69, 9.17) is 10.1 Å². The van der Waals surface area contributed by atoms with Crippen LogP contribution in [0.2, 0.25) is 0 Å². The number of carboxylic acids is 1. The minimum Gasteiger partial charge on any atom is -0.481 e. The van der Waals surface area contributed by atoms with Gasteiger partial charge < -0.3 is 20.1 Å². The summed E-state index contributed by atoms with van der Waals surface area (Å²) in [5.41, 5.74) is 2.29. The van der Waals surface area contributed by atoms with Crippen molar-refractivity contribution in [2.75, 3.05) is 0 Å². The number of aliphatic hydroxyl groups excluding tert-OH is 1. The number of nitrogens with one attached hydrogen (secondary N) is 1. The van der Waals surface area contributed by atoms with Crippen LogP contribution in [0.1, 0.15) is 86.4 Å². The molecule has 1 saturated carbocycles. The van der Waals surface area contributed by atoms with Crippen molar-refractivity contribution in [3.63, 3.8) is 0 Å². The number of fused-ring (bicyclic) bond motifs is 1. The van der Waals surface area contributed by atoms with E-state index in [2.05, 4.69) is 34.3 Å². The minimum absolute atomic E-state index is 0.189. The van der Waals surface area contributed by atoms with Gasteiger partial charge in [-0.1, -0.05) is 39.7 Å². The van der Waals surface area contributed by atoms with E-state index in [1.165, 1.54) is 24.1 Å². The summed E-state index contributed by atoms with van der Waals surface area (Å²) < 4.78 is 2.40. The fraction of sp³-hybridized carbons (Fsp3) is 0.536. The van der Waals surface area contributed by atoms with Crippen molar-refractivity contribution in [1.82, 2.24) is 14.9 Å². The number of rotatable bonds is 10. The van der Waals surface area contributed by atoms with Crippen LogP contribution < -0.4 is 5.32 Å². The Labute approximate surface area is 216 Å². The molecule has 1 aliphatic rings. The van der Waals surface area contributed by atoms with Gasteiger partial charge in [-0.05, 0) is 60.7 Å². The maximum atomic E-state index is 13.2. The van der Waals surface area contributed by atoms with Gasteiger partial charge in [0.25, 0.3) is 5.91 Å². The molecule has 0 spiro atoms. The molecule has 0 unspecified atom stereocenters. The van der Waals surface area contributed by atoms with Crippen LogP contribution in [0.5, 0.6) is 0 Å². The minimum atomic E-state index is -1.15. The van der Waals surface area contributed by atoms with Crippen molar-refractivity contribution in [2.24, 2.45) is 11.8 Å². The molecule has 7 nitrogen and oxygen atoms in total. The number of aromatic nitrogens is 2. The summed E-state index contributed by atoms with van der Waals surface area (Å²) in [6, 6.07) is 9.57. The monoisotopic (exact) mass is 511 g/mol. The van der Waals surface area contributed by atoms with Crippen LogP contribution in [-0.4, -0.2) is 43.8 Å². The zero-order chi connectivity index (χ0) is 25.8. The topological polar surface area (TPSA) is 104 Å². The van der Waals surface area contributed by atoms with E-state index >= 15 is 0 Å². The molecule has 3 aromatic rings. The number of thiophene rings is 1. The highest BCUT2D eigenvalue weighted by Gasteiger charge is 2.28. The average molecular weight is 512 g/mol. The first-order valence-corrected chi connectivity index (χ1v) is 13.8. The Hall–Kier alpha value is -2.71. The summed E-state index contributed by atoms with van der Waals surface area (Å²) in [5, 5.41) is 24.5. The molecule has 4 rings (SSSR count). The number of carboxylic acid groups (broad SMARTS) is 1. The molecule has 0 radical (unpaired) electrons. The Bertz CT molecular complexity index is 1190. The lowest BCUT2D eigenvalue weighted by Gasteiger charge is -2.31. The summed E-state index contributed by atoms with van der Waals surface area (Å²) in [6.07, 6.45) is 4.50. The second-order valence-electron chi connectivity index (χ2n) is 10.6. The Morgan fingerprint density at radius 3 is 2.67 bits per heavy atom. The van der Waals surface area contributed by atoms with Gasteiger partial charge in [-0.15, -0.1) is 11.3 Å². The van der Waals surface area contributed by atoms with Crippen molar-refractivity contribution in [1.29, 1.82) is 0 Å². The second kappa shape index (κ2) is 11.6. The van der Waals surface area contributed by atoms with Crippen LogP contribution in [0.25, 0.3) is 11.0 Å². The summed E-state index contributed by atoms with van der Waals surface area (Å²) in [6.45, 7) is 6.28. The lowest BCUT2D eigenvalue weighted by molar-refractivity contribution is -0.139. The molecule has 0 bridgehead atoms. The van der Waals surface area contributed by atoms with Gasteiger partial charge in [0.1, 0.15) is 5.82 Å². The van der Waals surface area contributed by atoms with E-state index in [1.54, 1.807) is 11.3 Å². The van der Waals surface area contributed by atoms with E-state index in [0.717, 1.165) is 29.7 Å². The predicted octanol–water partition coefficient (Wildman–Crippen LogP) is 5.42. The van der Waals surface area contributed by atoms with Crippen molar-refractivity contribution >= 4 is 34.2 Å². The number of amides is 1. The van der Waals surface area contributed by atoms with Gasteiger partial charge >= 0.3 is 5.97 Å². The van der Waals surface area contributed by atoms with Gasteiger partial charge in [-0.25, -0.2) is 4.98 Å². The molecule has 4 atom stereocenters. The highest BCUT2D eigenvalue weighted by Crippen LogP contribution is 2.37. The SMILES string of the molecule is CC(C)C[C@H](NC(=O)c1ccc2c(c1)nc(Cc1cccs1)n2[C@@H]1CCCC[C@H]1C)[C@@H](O)CC(=O)O. The lowest BCUT2D eigenvalue weighted by atomic mass is 9.85. The molecule has 2 aromatic heterocycles. The highest BCUT2D eigenvalue weighted by atomic mass is 32.1. The van der Waals surface area contributed by atoms with Crippen LogP contribution in [0.15, 0.2) is 35.7 Å². The molecule has 3 N–H and O–H groups in total. The summed E-state index contributed by atoms with van der Waals surface area (Å²) in [5.74, 6) is 0.362. The standard InChI is InChI=1S/C28H37N3O4S/c1-17(2)13-22(25(32)16-27(33)34)30-28(35)19-10-11-24-21(14-19)29-26(15-20-8-6-12-36-20)31(24)23-9-5-4-7-18(23)3/h6,8,10-12,14,17-18,22-23,25,32H,4-5,7,9,13,15-16H2,1-3H3,(H,30,35)(H,33,34)/t18-,22+,23-,25+/m1/s1. The Kier molecular flexibility index (Phi) is 8.46. The number of aliphatic hydroxyl groups is 1. The second-order valence-corrected chi connectivity index (χ2v) is 11.6. The van der Waals surface area contributed by atoms with Crippen LogP contribution in [0, 0.1) is 11.8 Å². The average Bonchev–Trinajstić information content (AvgIpc) is 3.45. The Morgan fingerprint density at radius 1 is 1.22 bits per heavy atom. The quantitative estimate of drug-likeness (QED) is 0.337. The van der Waals surface area contributed by atoms with Crippen molar-refractivity contribution in [3.8, 4) is 0 Å². The molecule has 1 aliphatic carbocycles. The largest absolute Gasteiger partial charge is 0.481 e. The normalized spacial score (nSPS) is 19.9. The summed E-state index contributed by atoms with van der Waals surface area (Å²) in [4.78, 5) is 30.6. The Balaban J connectivity index is 1.65. The fourth-order valence-electron chi connectivity index (χ4n) is 5.43. The van der Waals surface area contributed by atoms with Crippen molar-refractivity contribution in [2.45, 2.75) is 83.9 Å². The molecule has 1 fully saturated rings. The summed E-state index contributed by atoms with van der Waals surface area (Å²) in [7, 11) is 0. The van der Waals surface area contributed by atoms with E-state index in [9.17, 15) is 14.7 Å². The number of carbonyl (C=O) groups excluding carboxylic acids is 1. The lowest BCUT2D eigenvalue weighted by Crippen LogP contribution is -2.45. The van der Waals surface area contributed by atoms with E-state index < -0.39 is 24.5 Å². The first-order valence-electron chi connectivity index (χ1n) is 13.0. The third-order valence-corrected chi connectivity index (χ3v) is 8.10. The van der Waals surface area contributed by atoms with Crippen LogP contribution in [-0.2, 0) is 11.2 Å². The first-order chi connectivity index (χ1) is 17.2. The van der Waals surface area contributed by atoms with Gasteiger partial charge in [0.15, 0.2) is 0 Å². The number of benzene rings is 1. The molecule has 0 aliphatic heterocycles. The number of hydrogen-bond acceptors (Lipinski definition) is 5. The van der Waals surface area contributed by atoms with Gasteiger partial charge in [0.2, 0.25) is 0 Å². The smallest absolute Gasteiger partial charge is 0.306 e. The highest BCUT2D eigenvalue weighted by molar-refractivity contribution is 7.09. The molecule has 194 valence electrons. The molecule has 1 aromatic carbocycles. The molecule has 36 heavy (non-hydrogen) atoms. The van der Waals surface area contributed by atoms with E-state index in [-0.39, 0.29) is 11.8 Å². The van der Waals surface area contributed by atoms with E-state index in [0.29, 0.717) is 23.9 Å². The van der Waals surface area contributed by atoms with E-state index in [1.807, 2.05) is 32.0 Å². The van der Waals surface area contributed by atoms with Crippen molar-refractivity contribution in [3.05, 3.63) is 52.0 Å². The third kappa shape index (κ3) is 6.16. The number of hydrogen-bond donors (Lipinski definition) is 3. The van der Waals surface area contributed by atoms with Crippen LogP contribution in [0.4, 0.5) is 0 Å². The zero-order valence-electron chi connectivity index (χ0n) is 21.3. The molecule has 8 heteroatoms. The fourth-order valence-corrected chi connectivity index (χ4v) is 6.13. The zero-order valence-corrected chi connectivity index (χ0v) is 22.1. The van der Waals surface area contributed by atoms with Crippen LogP contribution >= 0.6 is 11.3 Å². The van der Waals surface area contributed by atoms with Crippen molar-refractivity contribution < 1.29 is 19.8 Å². The molecular weight excluding hydrogens is 474 g/mol. The molecule has 1 amide bonds. The van der Waals surface area contributed by atoms with Gasteiger partial charge in [0, 0.05) is 22.9 Å². The number of imidazole rings is 1. The molecule has 0 saturated heterocycles. The first kappa shape index (κ1) is 26.4. The van der Waals surface area contributed by atoms with Gasteiger partial charge in [-0.3, -0.25) is 9.59 Å². The predicted molar refractivity (Wildman–Crippen MR) is 142 cm³/mol. The van der Waals surface area contributed by atoms with Gasteiger partial charge in [0.05, 0.1) is 29.6 Å². The third-order valence-electron chi connectivity index (χ3n) is 7.23. The van der Waals surface area contributed by atoms with Crippen LogP contribution in [0.3, 0.4) is 0 Å².